The first kappa shape index (κ1) is 13.0. The smallest absolute Gasteiger partial charge is 0.231 e. The van der Waals surface area contributed by atoms with Crippen LogP contribution in [0.1, 0.15) is 32.6 Å². The minimum Gasteiger partial charge on any atom is -0.324 e. The van der Waals surface area contributed by atoms with Gasteiger partial charge in [0.25, 0.3) is 0 Å². The van der Waals surface area contributed by atoms with Crippen molar-refractivity contribution in [2.45, 2.75) is 32.6 Å². The molecule has 1 unspecified atom stereocenters. The summed E-state index contributed by atoms with van der Waals surface area (Å²) >= 11 is 0. The van der Waals surface area contributed by atoms with Crippen LogP contribution in [0.2, 0.25) is 0 Å². The van der Waals surface area contributed by atoms with Crippen molar-refractivity contribution in [2.24, 2.45) is 5.41 Å². The van der Waals surface area contributed by atoms with Crippen LogP contribution in [0, 0.1) is 5.41 Å². The molecule has 1 amide bonds. The van der Waals surface area contributed by atoms with Crippen molar-refractivity contribution >= 4 is 11.6 Å². The third-order valence-electron chi connectivity index (χ3n) is 3.60. The fourth-order valence-corrected chi connectivity index (χ4v) is 2.67. The molecule has 18 heavy (non-hydrogen) atoms. The number of rotatable bonds is 4. The third-order valence-corrected chi connectivity index (χ3v) is 3.60. The number of aromatic nitrogens is 1. The van der Waals surface area contributed by atoms with E-state index in [0.717, 1.165) is 44.5 Å². The van der Waals surface area contributed by atoms with Crippen molar-refractivity contribution < 1.29 is 4.79 Å². The highest BCUT2D eigenvalue weighted by molar-refractivity contribution is 5.95. The highest BCUT2D eigenvalue weighted by Gasteiger charge is 2.38. The summed E-state index contributed by atoms with van der Waals surface area (Å²) in [6.45, 7) is 3.94. The van der Waals surface area contributed by atoms with Gasteiger partial charge in [-0.3, -0.25) is 9.78 Å². The van der Waals surface area contributed by atoms with Crippen LogP contribution in [0.25, 0.3) is 0 Å². The van der Waals surface area contributed by atoms with Gasteiger partial charge in [-0.1, -0.05) is 13.3 Å². The molecule has 2 N–H and O–H groups in total. The number of amides is 1. The van der Waals surface area contributed by atoms with E-state index in [-0.39, 0.29) is 11.3 Å². The van der Waals surface area contributed by atoms with Crippen molar-refractivity contribution in [2.75, 3.05) is 18.4 Å². The Bertz CT molecular complexity index is 380. The molecule has 1 saturated heterocycles. The van der Waals surface area contributed by atoms with E-state index in [4.69, 9.17) is 0 Å². The minimum atomic E-state index is -0.247. The van der Waals surface area contributed by atoms with Gasteiger partial charge in [0.15, 0.2) is 0 Å². The molecule has 1 aliphatic heterocycles. The molecule has 0 radical (unpaired) electrons. The van der Waals surface area contributed by atoms with E-state index in [9.17, 15) is 4.79 Å². The second kappa shape index (κ2) is 5.96. The van der Waals surface area contributed by atoms with Gasteiger partial charge in [0, 0.05) is 12.7 Å². The van der Waals surface area contributed by atoms with Crippen molar-refractivity contribution in [3.05, 3.63) is 24.5 Å². The van der Waals surface area contributed by atoms with Crippen LogP contribution < -0.4 is 10.6 Å². The molecule has 0 aliphatic carbocycles. The third kappa shape index (κ3) is 2.88. The van der Waals surface area contributed by atoms with Crippen LogP contribution in [-0.2, 0) is 4.79 Å². The Morgan fingerprint density at radius 1 is 1.61 bits per heavy atom. The summed E-state index contributed by atoms with van der Waals surface area (Å²) in [7, 11) is 0. The summed E-state index contributed by atoms with van der Waals surface area (Å²) in [6.07, 6.45) is 7.40. The predicted molar refractivity (Wildman–Crippen MR) is 72.3 cm³/mol. The zero-order valence-corrected chi connectivity index (χ0v) is 10.9. The van der Waals surface area contributed by atoms with Crippen LogP contribution in [0.15, 0.2) is 24.5 Å². The largest absolute Gasteiger partial charge is 0.324 e. The molecule has 2 rings (SSSR count). The SMILES string of the molecule is CCCC1(C(=O)Nc2cccnc2)CCCNC1. The van der Waals surface area contributed by atoms with Crippen LogP contribution >= 0.6 is 0 Å². The zero-order valence-electron chi connectivity index (χ0n) is 10.9. The van der Waals surface area contributed by atoms with Gasteiger partial charge < -0.3 is 10.6 Å². The van der Waals surface area contributed by atoms with Gasteiger partial charge in [0.1, 0.15) is 0 Å². The molecule has 0 spiro atoms. The second-order valence-corrected chi connectivity index (χ2v) is 5.01. The van der Waals surface area contributed by atoms with Crippen molar-refractivity contribution in [3.63, 3.8) is 0 Å². The van der Waals surface area contributed by atoms with E-state index in [1.54, 1.807) is 12.4 Å². The van der Waals surface area contributed by atoms with Crippen LogP contribution in [-0.4, -0.2) is 24.0 Å². The molecule has 1 atom stereocenters. The molecule has 98 valence electrons. The average Bonchev–Trinajstić information content (AvgIpc) is 2.41. The standard InChI is InChI=1S/C14H21N3O/c1-2-6-14(7-4-9-16-11-14)13(18)17-12-5-3-8-15-10-12/h3,5,8,10,16H,2,4,6-7,9,11H2,1H3,(H,17,18). The van der Waals surface area contributed by atoms with Crippen molar-refractivity contribution in [1.29, 1.82) is 0 Å². The Labute approximate surface area is 108 Å². The Hall–Kier alpha value is -1.42. The first-order valence-corrected chi connectivity index (χ1v) is 6.69. The van der Waals surface area contributed by atoms with Gasteiger partial charge in [-0.05, 0) is 37.9 Å². The molecule has 4 heteroatoms. The van der Waals surface area contributed by atoms with E-state index < -0.39 is 0 Å². The predicted octanol–water partition coefficient (Wildman–Crippen LogP) is 2.19. The number of carbonyl (C=O) groups is 1. The maximum Gasteiger partial charge on any atom is 0.231 e. The second-order valence-electron chi connectivity index (χ2n) is 5.01. The lowest BCUT2D eigenvalue weighted by Gasteiger charge is -2.36. The van der Waals surface area contributed by atoms with Crippen LogP contribution in [0.3, 0.4) is 0 Å². The lowest BCUT2D eigenvalue weighted by molar-refractivity contribution is -0.127. The molecule has 1 fully saturated rings. The number of anilines is 1. The van der Waals surface area contributed by atoms with Crippen LogP contribution in [0.4, 0.5) is 5.69 Å². The zero-order chi connectivity index (χ0) is 12.8. The van der Waals surface area contributed by atoms with Gasteiger partial charge in [-0.15, -0.1) is 0 Å². The summed E-state index contributed by atoms with van der Waals surface area (Å²) < 4.78 is 0. The molecule has 0 saturated carbocycles. The van der Waals surface area contributed by atoms with E-state index in [2.05, 4.69) is 22.5 Å². The first-order valence-electron chi connectivity index (χ1n) is 6.69. The number of nitrogens with zero attached hydrogens (tertiary/aromatic N) is 1. The van der Waals surface area contributed by atoms with E-state index >= 15 is 0 Å². The maximum absolute atomic E-state index is 12.5. The summed E-state index contributed by atoms with van der Waals surface area (Å²) in [5, 5.41) is 6.35. The molecule has 1 aromatic rings. The Balaban J connectivity index is 2.08. The van der Waals surface area contributed by atoms with E-state index in [1.165, 1.54) is 0 Å². The lowest BCUT2D eigenvalue weighted by atomic mass is 9.76. The molecule has 1 aromatic heterocycles. The molecule has 4 nitrogen and oxygen atoms in total. The molecular formula is C14H21N3O. The number of hydrogen-bond acceptors (Lipinski definition) is 3. The highest BCUT2D eigenvalue weighted by atomic mass is 16.2. The van der Waals surface area contributed by atoms with Crippen molar-refractivity contribution in [1.82, 2.24) is 10.3 Å². The Morgan fingerprint density at radius 2 is 2.50 bits per heavy atom. The molecule has 1 aliphatic rings. The summed E-state index contributed by atoms with van der Waals surface area (Å²) in [5.74, 6) is 0.129. The highest BCUT2D eigenvalue weighted by Crippen LogP contribution is 2.32. The van der Waals surface area contributed by atoms with Gasteiger partial charge in [-0.25, -0.2) is 0 Å². The summed E-state index contributed by atoms with van der Waals surface area (Å²) in [5.41, 5.74) is 0.534. The normalized spacial score (nSPS) is 23.6. The topological polar surface area (TPSA) is 54.0 Å². The van der Waals surface area contributed by atoms with Gasteiger partial charge in [0.05, 0.1) is 17.3 Å². The maximum atomic E-state index is 12.5. The quantitative estimate of drug-likeness (QED) is 0.857. The van der Waals surface area contributed by atoms with Gasteiger partial charge in [-0.2, -0.15) is 0 Å². The van der Waals surface area contributed by atoms with Gasteiger partial charge >= 0.3 is 0 Å². The molecule has 0 aromatic carbocycles. The number of hydrogen-bond donors (Lipinski definition) is 2. The summed E-state index contributed by atoms with van der Waals surface area (Å²) in [6, 6.07) is 3.71. The first-order chi connectivity index (χ1) is 8.77. The number of pyridine rings is 1. The monoisotopic (exact) mass is 247 g/mol. The number of carbonyl (C=O) groups excluding carboxylic acids is 1. The molecular weight excluding hydrogens is 226 g/mol. The number of piperidine rings is 1. The van der Waals surface area contributed by atoms with Crippen molar-refractivity contribution in [3.8, 4) is 0 Å². The summed E-state index contributed by atoms with van der Waals surface area (Å²) in [4.78, 5) is 16.5. The van der Waals surface area contributed by atoms with E-state index in [1.807, 2.05) is 12.1 Å². The number of nitrogens with one attached hydrogen (secondary N) is 2. The molecule has 2 heterocycles. The average molecular weight is 247 g/mol. The Morgan fingerprint density at radius 3 is 3.11 bits per heavy atom. The van der Waals surface area contributed by atoms with Crippen LogP contribution in [0.5, 0.6) is 0 Å². The molecule has 0 bridgehead atoms. The fourth-order valence-electron chi connectivity index (χ4n) is 2.67. The fraction of sp³-hybridized carbons (Fsp3) is 0.571. The lowest BCUT2D eigenvalue weighted by Crippen LogP contribution is -2.48. The minimum absolute atomic E-state index is 0.129. The van der Waals surface area contributed by atoms with Gasteiger partial charge in [0.2, 0.25) is 5.91 Å². The Kier molecular flexibility index (Phi) is 4.31. The van der Waals surface area contributed by atoms with E-state index in [0.29, 0.717) is 0 Å².